The minimum atomic E-state index is -0.666. The van der Waals surface area contributed by atoms with Crippen LogP contribution < -0.4 is 16.0 Å². The number of carbonyl (C=O) groups excluding carboxylic acids is 1. The zero-order valence-corrected chi connectivity index (χ0v) is 11.5. The van der Waals surface area contributed by atoms with Crippen molar-refractivity contribution in [2.75, 3.05) is 6.54 Å². The first kappa shape index (κ1) is 13.5. The SMILES string of the molecule is O=C1NC[C@]2(CCC[C@H](NC3=NC(Cl)NC=C3F)C2)O1. The van der Waals surface area contributed by atoms with E-state index >= 15 is 0 Å². The Kier molecular flexibility index (Phi) is 3.45. The third-order valence-electron chi connectivity index (χ3n) is 3.82. The molecular weight excluding hydrogens is 287 g/mol. The Morgan fingerprint density at radius 2 is 2.45 bits per heavy atom. The number of carbonyl (C=O) groups is 1. The topological polar surface area (TPSA) is 74.8 Å². The molecule has 1 saturated heterocycles. The van der Waals surface area contributed by atoms with Crippen LogP contribution in [-0.2, 0) is 4.74 Å². The molecule has 0 aromatic rings. The van der Waals surface area contributed by atoms with E-state index in [1.807, 2.05) is 0 Å². The van der Waals surface area contributed by atoms with Crippen LogP contribution in [0, 0.1) is 0 Å². The number of hydrogen-bond donors (Lipinski definition) is 3. The molecule has 0 bridgehead atoms. The minimum Gasteiger partial charge on any atom is -0.441 e. The highest BCUT2D eigenvalue weighted by molar-refractivity contribution is 6.21. The number of rotatable bonds is 1. The Morgan fingerprint density at radius 3 is 3.20 bits per heavy atom. The van der Waals surface area contributed by atoms with Gasteiger partial charge in [0.15, 0.2) is 17.3 Å². The fourth-order valence-electron chi connectivity index (χ4n) is 2.92. The van der Waals surface area contributed by atoms with Crippen LogP contribution in [0.5, 0.6) is 0 Å². The third kappa shape index (κ3) is 2.67. The van der Waals surface area contributed by atoms with Gasteiger partial charge >= 0.3 is 6.09 Å². The maximum absolute atomic E-state index is 13.7. The zero-order valence-electron chi connectivity index (χ0n) is 10.8. The standard InChI is InChI=1S/C12H16ClFN4O2/c13-10-15-5-8(14)9(18-10)17-7-2-1-3-12(4-7)6-16-11(19)20-12/h5,7,10,15H,1-4,6H2,(H,16,19)(H,17,18)/t7-,10?,12+/m0/s1. The second kappa shape index (κ2) is 5.12. The molecule has 1 saturated carbocycles. The van der Waals surface area contributed by atoms with Crippen molar-refractivity contribution in [1.82, 2.24) is 16.0 Å². The summed E-state index contributed by atoms with van der Waals surface area (Å²) in [4.78, 5) is 15.2. The van der Waals surface area contributed by atoms with Crippen molar-refractivity contribution in [2.45, 2.75) is 43.0 Å². The van der Waals surface area contributed by atoms with E-state index in [4.69, 9.17) is 16.3 Å². The molecule has 1 aliphatic carbocycles. The van der Waals surface area contributed by atoms with Gasteiger partial charge in [0.25, 0.3) is 0 Å². The number of hydrogen-bond acceptors (Lipinski definition) is 5. The van der Waals surface area contributed by atoms with E-state index < -0.39 is 17.1 Å². The molecule has 0 aromatic carbocycles. The summed E-state index contributed by atoms with van der Waals surface area (Å²) in [7, 11) is 0. The van der Waals surface area contributed by atoms with Gasteiger partial charge in [-0.3, -0.25) is 0 Å². The molecule has 0 aromatic heterocycles. The highest BCUT2D eigenvalue weighted by atomic mass is 35.5. The number of halogens is 2. The second-order valence-corrected chi connectivity index (χ2v) is 5.75. The number of nitrogens with zero attached hydrogens (tertiary/aromatic N) is 1. The molecule has 3 atom stereocenters. The fourth-order valence-corrected chi connectivity index (χ4v) is 3.09. The quantitative estimate of drug-likeness (QED) is 0.505. The maximum Gasteiger partial charge on any atom is 0.407 e. The lowest BCUT2D eigenvalue weighted by Crippen LogP contribution is -2.48. The van der Waals surface area contributed by atoms with Gasteiger partial charge in [-0.05, 0) is 19.3 Å². The van der Waals surface area contributed by atoms with Crippen LogP contribution in [0.4, 0.5) is 9.18 Å². The minimum absolute atomic E-state index is 0.0105. The van der Waals surface area contributed by atoms with Crippen molar-refractivity contribution in [1.29, 1.82) is 0 Å². The van der Waals surface area contributed by atoms with E-state index in [1.165, 1.54) is 6.20 Å². The number of nitrogens with one attached hydrogen (secondary N) is 3. The molecule has 6 nitrogen and oxygen atoms in total. The Hall–Kier alpha value is -1.50. The number of alkyl halides is 1. The molecule has 2 fully saturated rings. The second-order valence-electron chi connectivity index (χ2n) is 5.34. The fraction of sp³-hybridized carbons (Fsp3) is 0.667. The lowest BCUT2D eigenvalue weighted by Gasteiger charge is -2.36. The van der Waals surface area contributed by atoms with Crippen molar-refractivity contribution in [3.05, 3.63) is 12.0 Å². The lowest BCUT2D eigenvalue weighted by molar-refractivity contribution is 0.0176. The average Bonchev–Trinajstić information content (AvgIpc) is 2.75. The first-order valence-electron chi connectivity index (χ1n) is 6.64. The summed E-state index contributed by atoms with van der Waals surface area (Å²) < 4.78 is 19.0. The zero-order chi connectivity index (χ0) is 14.2. The van der Waals surface area contributed by atoms with Gasteiger partial charge in [-0.25, -0.2) is 14.2 Å². The summed E-state index contributed by atoms with van der Waals surface area (Å²) in [5.41, 5.74) is -1.14. The van der Waals surface area contributed by atoms with Gasteiger partial charge in [0.1, 0.15) is 5.60 Å². The monoisotopic (exact) mass is 302 g/mol. The summed E-state index contributed by atoms with van der Waals surface area (Å²) in [5, 5.41) is 8.33. The largest absolute Gasteiger partial charge is 0.441 e. The summed E-state index contributed by atoms with van der Waals surface area (Å²) in [5.74, 6) is -0.314. The van der Waals surface area contributed by atoms with Gasteiger partial charge in [0, 0.05) is 18.7 Å². The van der Waals surface area contributed by atoms with Crippen LogP contribution in [0.1, 0.15) is 25.7 Å². The highest BCUT2D eigenvalue weighted by Gasteiger charge is 2.44. The predicted octanol–water partition coefficient (Wildman–Crippen LogP) is 1.33. The maximum atomic E-state index is 13.7. The van der Waals surface area contributed by atoms with Crippen LogP contribution >= 0.6 is 11.6 Å². The number of aliphatic imine (C=N–C) groups is 1. The number of alkyl carbamates (subject to hydrolysis) is 1. The van der Waals surface area contributed by atoms with Gasteiger partial charge < -0.3 is 20.7 Å². The summed E-state index contributed by atoms with van der Waals surface area (Å²) >= 11 is 5.80. The first-order chi connectivity index (χ1) is 9.56. The first-order valence-corrected chi connectivity index (χ1v) is 7.07. The van der Waals surface area contributed by atoms with Crippen molar-refractivity contribution in [3.8, 4) is 0 Å². The van der Waals surface area contributed by atoms with Crippen molar-refractivity contribution >= 4 is 23.5 Å². The highest BCUT2D eigenvalue weighted by Crippen LogP contribution is 2.34. The molecule has 1 spiro atoms. The summed E-state index contributed by atoms with van der Waals surface area (Å²) in [6, 6.07) is 0.0105. The molecule has 2 heterocycles. The Balaban J connectivity index is 1.66. The van der Waals surface area contributed by atoms with Crippen LogP contribution in [0.15, 0.2) is 17.0 Å². The van der Waals surface area contributed by atoms with Crippen molar-refractivity contribution in [2.24, 2.45) is 4.99 Å². The molecule has 3 rings (SSSR count). The molecule has 20 heavy (non-hydrogen) atoms. The Morgan fingerprint density at radius 1 is 1.60 bits per heavy atom. The van der Waals surface area contributed by atoms with Gasteiger partial charge in [0.05, 0.1) is 6.54 Å². The molecule has 8 heteroatoms. The molecule has 0 radical (unpaired) electrons. The van der Waals surface area contributed by atoms with Gasteiger partial charge in [-0.1, -0.05) is 11.6 Å². The van der Waals surface area contributed by atoms with E-state index in [1.54, 1.807) is 0 Å². The van der Waals surface area contributed by atoms with Crippen LogP contribution in [-0.4, -0.2) is 35.7 Å². The Bertz CT molecular complexity index is 484. The van der Waals surface area contributed by atoms with Crippen LogP contribution in [0.3, 0.4) is 0 Å². The molecular formula is C12H16ClFN4O2. The molecule has 110 valence electrons. The smallest absolute Gasteiger partial charge is 0.407 e. The third-order valence-corrected chi connectivity index (χ3v) is 4.05. The molecule has 3 aliphatic rings. The normalized spacial score (nSPS) is 36.6. The van der Waals surface area contributed by atoms with E-state index in [0.29, 0.717) is 13.0 Å². The van der Waals surface area contributed by atoms with E-state index in [9.17, 15) is 9.18 Å². The van der Waals surface area contributed by atoms with E-state index in [0.717, 1.165) is 19.3 Å². The van der Waals surface area contributed by atoms with Gasteiger partial charge in [-0.2, -0.15) is 0 Å². The number of amidine groups is 1. The molecule has 1 unspecified atom stereocenters. The number of amides is 1. The van der Waals surface area contributed by atoms with E-state index in [-0.39, 0.29) is 18.0 Å². The van der Waals surface area contributed by atoms with Crippen molar-refractivity contribution in [3.63, 3.8) is 0 Å². The van der Waals surface area contributed by atoms with Crippen molar-refractivity contribution < 1.29 is 13.9 Å². The molecule has 2 aliphatic heterocycles. The molecule has 3 N–H and O–H groups in total. The lowest BCUT2D eigenvalue weighted by atomic mass is 9.82. The average molecular weight is 303 g/mol. The van der Waals surface area contributed by atoms with E-state index in [2.05, 4.69) is 20.9 Å². The number of ether oxygens (including phenoxy) is 1. The summed E-state index contributed by atoms with van der Waals surface area (Å²) in [6.07, 6.45) is 4.08. The van der Waals surface area contributed by atoms with Crippen LogP contribution in [0.25, 0.3) is 0 Å². The van der Waals surface area contributed by atoms with Gasteiger partial charge in [-0.15, -0.1) is 0 Å². The summed E-state index contributed by atoms with van der Waals surface area (Å²) in [6.45, 7) is 0.508. The predicted molar refractivity (Wildman–Crippen MR) is 72.0 cm³/mol. The molecule has 1 amide bonds. The van der Waals surface area contributed by atoms with Gasteiger partial charge in [0.2, 0.25) is 0 Å². The Labute approximate surface area is 120 Å². The van der Waals surface area contributed by atoms with Crippen LogP contribution in [0.2, 0.25) is 0 Å².